The van der Waals surface area contributed by atoms with Crippen LogP contribution in [0.2, 0.25) is 0 Å². The molecule has 102 valence electrons. The SMILES string of the molecule is COc1cc(NCCCc2ncc[nH]2)c(F)cc1N. The second-order valence-corrected chi connectivity index (χ2v) is 4.14. The predicted molar refractivity (Wildman–Crippen MR) is 72.8 cm³/mol. The summed E-state index contributed by atoms with van der Waals surface area (Å²) in [4.78, 5) is 7.15. The van der Waals surface area contributed by atoms with Gasteiger partial charge in [-0.3, -0.25) is 0 Å². The molecule has 0 unspecified atom stereocenters. The molecule has 0 saturated heterocycles. The van der Waals surface area contributed by atoms with Crippen molar-refractivity contribution < 1.29 is 9.13 Å². The van der Waals surface area contributed by atoms with Gasteiger partial charge in [0.1, 0.15) is 17.4 Å². The molecule has 0 saturated carbocycles. The number of hydrogen-bond donors (Lipinski definition) is 3. The zero-order chi connectivity index (χ0) is 13.7. The van der Waals surface area contributed by atoms with Gasteiger partial charge >= 0.3 is 0 Å². The molecule has 4 N–H and O–H groups in total. The number of anilines is 2. The van der Waals surface area contributed by atoms with Gasteiger partial charge in [-0.2, -0.15) is 0 Å². The van der Waals surface area contributed by atoms with Crippen molar-refractivity contribution in [3.63, 3.8) is 0 Å². The number of nitrogens with two attached hydrogens (primary N) is 1. The van der Waals surface area contributed by atoms with Crippen LogP contribution >= 0.6 is 0 Å². The summed E-state index contributed by atoms with van der Waals surface area (Å²) in [6, 6.07) is 2.82. The third-order valence-electron chi connectivity index (χ3n) is 2.78. The molecule has 0 radical (unpaired) electrons. The molecule has 0 bridgehead atoms. The van der Waals surface area contributed by atoms with Crippen molar-refractivity contribution >= 4 is 11.4 Å². The second kappa shape index (κ2) is 6.08. The average Bonchev–Trinajstić information content (AvgIpc) is 2.90. The van der Waals surface area contributed by atoms with Crippen LogP contribution < -0.4 is 15.8 Å². The van der Waals surface area contributed by atoms with Gasteiger partial charge in [0.15, 0.2) is 0 Å². The summed E-state index contributed by atoms with van der Waals surface area (Å²) in [6.45, 7) is 0.644. The van der Waals surface area contributed by atoms with Crippen molar-refractivity contribution in [3.05, 3.63) is 36.2 Å². The molecular weight excluding hydrogens is 247 g/mol. The van der Waals surface area contributed by atoms with Gasteiger partial charge in [-0.15, -0.1) is 0 Å². The first-order valence-electron chi connectivity index (χ1n) is 6.06. The fourth-order valence-corrected chi connectivity index (χ4v) is 1.79. The number of H-pyrrole nitrogens is 1. The molecule has 5 nitrogen and oxygen atoms in total. The molecule has 0 spiro atoms. The van der Waals surface area contributed by atoms with E-state index in [9.17, 15) is 4.39 Å². The normalized spacial score (nSPS) is 10.4. The number of benzene rings is 1. The van der Waals surface area contributed by atoms with E-state index in [1.807, 2.05) is 0 Å². The maximum Gasteiger partial charge on any atom is 0.148 e. The minimum Gasteiger partial charge on any atom is -0.495 e. The van der Waals surface area contributed by atoms with Crippen molar-refractivity contribution in [2.45, 2.75) is 12.8 Å². The fourth-order valence-electron chi connectivity index (χ4n) is 1.79. The first kappa shape index (κ1) is 13.2. The Morgan fingerprint density at radius 3 is 3.00 bits per heavy atom. The summed E-state index contributed by atoms with van der Waals surface area (Å²) in [5.41, 5.74) is 6.30. The molecule has 2 aromatic rings. The number of methoxy groups -OCH3 is 1. The number of nitrogens with one attached hydrogen (secondary N) is 2. The standard InChI is InChI=1S/C13H17FN4O/c1-19-12-8-11(9(14)7-10(12)15)16-4-2-3-13-17-5-6-18-13/h5-8,16H,2-4,15H2,1H3,(H,17,18). The molecule has 2 rings (SSSR count). The summed E-state index contributed by atoms with van der Waals surface area (Å²) < 4.78 is 18.7. The van der Waals surface area contributed by atoms with Gasteiger partial charge in [0.25, 0.3) is 0 Å². The van der Waals surface area contributed by atoms with Crippen molar-refractivity contribution in [2.75, 3.05) is 24.7 Å². The maximum atomic E-state index is 13.7. The largest absolute Gasteiger partial charge is 0.495 e. The lowest BCUT2D eigenvalue weighted by atomic mass is 10.2. The lowest BCUT2D eigenvalue weighted by Crippen LogP contribution is -2.06. The topological polar surface area (TPSA) is 76.0 Å². The number of nitrogens with zero attached hydrogens (tertiary/aromatic N) is 1. The molecule has 19 heavy (non-hydrogen) atoms. The minimum atomic E-state index is -0.378. The number of halogens is 1. The quantitative estimate of drug-likeness (QED) is 0.552. The van der Waals surface area contributed by atoms with Gasteiger partial charge in [-0.05, 0) is 6.42 Å². The van der Waals surface area contributed by atoms with Gasteiger partial charge < -0.3 is 20.8 Å². The van der Waals surface area contributed by atoms with Crippen molar-refractivity contribution in [1.82, 2.24) is 9.97 Å². The highest BCUT2D eigenvalue weighted by molar-refractivity contribution is 5.62. The number of aromatic nitrogens is 2. The Balaban J connectivity index is 1.88. The number of aromatic amines is 1. The van der Waals surface area contributed by atoms with E-state index in [4.69, 9.17) is 10.5 Å². The molecule has 1 aromatic heterocycles. The lowest BCUT2D eigenvalue weighted by molar-refractivity contribution is 0.416. The van der Waals surface area contributed by atoms with Crippen LogP contribution in [0.15, 0.2) is 24.5 Å². The molecular formula is C13H17FN4O. The van der Waals surface area contributed by atoms with E-state index < -0.39 is 0 Å². The second-order valence-electron chi connectivity index (χ2n) is 4.14. The highest BCUT2D eigenvalue weighted by atomic mass is 19.1. The number of aryl methyl sites for hydroxylation is 1. The van der Waals surface area contributed by atoms with Gasteiger partial charge in [0.05, 0.1) is 18.5 Å². The summed E-state index contributed by atoms with van der Waals surface area (Å²) >= 11 is 0. The lowest BCUT2D eigenvalue weighted by Gasteiger charge is -2.11. The van der Waals surface area contributed by atoms with Crippen LogP contribution in [0.25, 0.3) is 0 Å². The van der Waals surface area contributed by atoms with E-state index in [1.165, 1.54) is 13.2 Å². The van der Waals surface area contributed by atoms with Gasteiger partial charge in [-0.1, -0.05) is 0 Å². The molecule has 6 heteroatoms. The summed E-state index contributed by atoms with van der Waals surface area (Å²) in [6.07, 6.45) is 5.16. The molecule has 1 aromatic carbocycles. The molecule has 0 fully saturated rings. The number of ether oxygens (including phenoxy) is 1. The van der Waals surface area contributed by atoms with E-state index >= 15 is 0 Å². The maximum absolute atomic E-state index is 13.7. The van der Waals surface area contributed by atoms with Crippen molar-refractivity contribution in [1.29, 1.82) is 0 Å². The highest BCUT2D eigenvalue weighted by Crippen LogP contribution is 2.28. The molecule has 0 amide bonds. The van der Waals surface area contributed by atoms with Crippen LogP contribution in [0.1, 0.15) is 12.2 Å². The Bertz CT molecular complexity index is 528. The molecule has 0 aliphatic heterocycles. The fraction of sp³-hybridized carbons (Fsp3) is 0.308. The number of imidazole rings is 1. The van der Waals surface area contributed by atoms with Gasteiger partial charge in [0, 0.05) is 37.5 Å². The smallest absolute Gasteiger partial charge is 0.148 e. The Kier molecular flexibility index (Phi) is 4.22. The highest BCUT2D eigenvalue weighted by Gasteiger charge is 2.07. The first-order chi connectivity index (χ1) is 9.20. The Morgan fingerprint density at radius 1 is 1.47 bits per heavy atom. The molecule has 0 aliphatic rings. The Hall–Kier alpha value is -2.24. The van der Waals surface area contributed by atoms with E-state index in [1.54, 1.807) is 18.5 Å². The van der Waals surface area contributed by atoms with Crippen molar-refractivity contribution in [2.24, 2.45) is 0 Å². The summed E-state index contributed by atoms with van der Waals surface area (Å²) in [7, 11) is 1.50. The number of rotatable bonds is 6. The van der Waals surface area contributed by atoms with Gasteiger partial charge in [0.2, 0.25) is 0 Å². The van der Waals surface area contributed by atoms with E-state index in [0.29, 0.717) is 23.7 Å². The van der Waals surface area contributed by atoms with E-state index in [0.717, 1.165) is 18.7 Å². The van der Waals surface area contributed by atoms with Crippen LogP contribution in [0.5, 0.6) is 5.75 Å². The zero-order valence-electron chi connectivity index (χ0n) is 10.7. The van der Waals surface area contributed by atoms with E-state index in [-0.39, 0.29) is 5.82 Å². The number of hydrogen-bond acceptors (Lipinski definition) is 4. The van der Waals surface area contributed by atoms with Crippen LogP contribution in [0, 0.1) is 5.82 Å². The van der Waals surface area contributed by atoms with E-state index in [2.05, 4.69) is 15.3 Å². The summed E-state index contributed by atoms with van der Waals surface area (Å²) in [5.74, 6) is 1.02. The van der Waals surface area contributed by atoms with Crippen LogP contribution in [-0.4, -0.2) is 23.6 Å². The summed E-state index contributed by atoms with van der Waals surface area (Å²) in [5, 5.41) is 3.03. The molecule has 0 atom stereocenters. The van der Waals surface area contributed by atoms with Gasteiger partial charge in [-0.25, -0.2) is 9.37 Å². The monoisotopic (exact) mass is 264 g/mol. The van der Waals surface area contributed by atoms with Crippen LogP contribution in [0.3, 0.4) is 0 Å². The van der Waals surface area contributed by atoms with Crippen LogP contribution in [0.4, 0.5) is 15.8 Å². The molecule has 0 aliphatic carbocycles. The molecule has 1 heterocycles. The van der Waals surface area contributed by atoms with Crippen LogP contribution in [-0.2, 0) is 6.42 Å². The Labute approximate surface area is 111 Å². The predicted octanol–water partition coefficient (Wildman–Crippen LogP) is 2.18. The van der Waals surface area contributed by atoms with Crippen molar-refractivity contribution in [3.8, 4) is 5.75 Å². The minimum absolute atomic E-state index is 0.293. The Morgan fingerprint density at radius 2 is 2.32 bits per heavy atom. The first-order valence-corrected chi connectivity index (χ1v) is 6.06. The zero-order valence-corrected chi connectivity index (χ0v) is 10.7. The third kappa shape index (κ3) is 3.37. The number of nitrogen functional groups attached to an aromatic ring is 1. The third-order valence-corrected chi connectivity index (χ3v) is 2.78. The average molecular weight is 264 g/mol.